The summed E-state index contributed by atoms with van der Waals surface area (Å²) in [4.78, 5) is 25.1. The van der Waals surface area contributed by atoms with E-state index in [-0.39, 0.29) is 24.1 Å². The molecule has 1 heterocycles. The average molecular weight is 330 g/mol. The zero-order chi connectivity index (χ0) is 17.5. The summed E-state index contributed by atoms with van der Waals surface area (Å²) < 4.78 is 1.26. The van der Waals surface area contributed by atoms with Crippen LogP contribution in [0.25, 0.3) is 0 Å². The van der Waals surface area contributed by atoms with E-state index in [9.17, 15) is 9.59 Å². The zero-order valence-corrected chi connectivity index (χ0v) is 13.9. The summed E-state index contributed by atoms with van der Waals surface area (Å²) in [6, 6.07) is 10.1. The predicted molar refractivity (Wildman–Crippen MR) is 88.7 cm³/mol. The van der Waals surface area contributed by atoms with Gasteiger partial charge in [0.05, 0.1) is 6.20 Å². The molecular weight excluding hydrogens is 308 g/mol. The van der Waals surface area contributed by atoms with E-state index in [1.54, 1.807) is 4.90 Å². The molecule has 24 heavy (non-hydrogen) atoms. The lowest BCUT2D eigenvalue weighted by Crippen LogP contribution is -2.37. The molecule has 7 nitrogen and oxygen atoms in total. The molecule has 1 unspecified atom stereocenters. The number of carbonyl (C=O) groups is 2. The second kappa shape index (κ2) is 8.24. The van der Waals surface area contributed by atoms with Gasteiger partial charge in [-0.05, 0) is 18.9 Å². The topological polar surface area (TPSA) is 88.3 Å². The van der Waals surface area contributed by atoms with Gasteiger partial charge >= 0.3 is 5.97 Å². The molecule has 0 aliphatic carbocycles. The minimum atomic E-state index is -1.16. The number of amides is 1. The molecule has 1 aromatic carbocycles. The fourth-order valence-electron chi connectivity index (χ4n) is 2.58. The molecule has 0 saturated heterocycles. The summed E-state index contributed by atoms with van der Waals surface area (Å²) in [7, 11) is 0. The third-order valence-corrected chi connectivity index (χ3v) is 3.99. The first-order chi connectivity index (χ1) is 11.5. The number of benzene rings is 1. The van der Waals surface area contributed by atoms with Crippen molar-refractivity contribution in [2.24, 2.45) is 0 Å². The number of aromatic carboxylic acids is 1. The zero-order valence-electron chi connectivity index (χ0n) is 13.9. The van der Waals surface area contributed by atoms with E-state index in [0.29, 0.717) is 13.1 Å². The van der Waals surface area contributed by atoms with E-state index in [1.165, 1.54) is 16.4 Å². The number of carboxylic acid groups (broad SMARTS) is 1. The van der Waals surface area contributed by atoms with Gasteiger partial charge in [-0.15, -0.1) is 5.10 Å². The molecule has 2 aromatic rings. The predicted octanol–water partition coefficient (Wildman–Crippen LogP) is 2.02. The number of hydrogen-bond donors (Lipinski definition) is 1. The molecule has 0 aliphatic rings. The van der Waals surface area contributed by atoms with Crippen LogP contribution in [0.4, 0.5) is 0 Å². The summed E-state index contributed by atoms with van der Waals surface area (Å²) in [5.74, 6) is -0.995. The smallest absolute Gasteiger partial charge is 0.358 e. The van der Waals surface area contributed by atoms with Gasteiger partial charge < -0.3 is 10.0 Å². The van der Waals surface area contributed by atoms with Gasteiger partial charge in [-0.2, -0.15) is 0 Å². The largest absolute Gasteiger partial charge is 0.476 e. The highest BCUT2D eigenvalue weighted by atomic mass is 16.4. The van der Waals surface area contributed by atoms with Gasteiger partial charge in [0, 0.05) is 19.0 Å². The number of carbonyl (C=O) groups excluding carboxylic acids is 1. The van der Waals surface area contributed by atoms with Crippen molar-refractivity contribution in [1.29, 1.82) is 0 Å². The summed E-state index contributed by atoms with van der Waals surface area (Å²) in [6.45, 7) is 5.23. The number of hydrogen-bond acceptors (Lipinski definition) is 4. The van der Waals surface area contributed by atoms with Crippen molar-refractivity contribution >= 4 is 11.9 Å². The second-order valence-electron chi connectivity index (χ2n) is 5.55. The first-order valence-electron chi connectivity index (χ1n) is 8.01. The summed E-state index contributed by atoms with van der Waals surface area (Å²) in [5.41, 5.74) is 1.04. The maximum absolute atomic E-state index is 12.5. The lowest BCUT2D eigenvalue weighted by Gasteiger charge is -2.26. The highest BCUT2D eigenvalue weighted by Crippen LogP contribution is 2.20. The summed E-state index contributed by atoms with van der Waals surface area (Å²) in [6.07, 6.45) is 2.20. The van der Waals surface area contributed by atoms with Crippen LogP contribution in [0.15, 0.2) is 36.5 Å². The summed E-state index contributed by atoms with van der Waals surface area (Å²) >= 11 is 0. The molecule has 1 atom stereocenters. The van der Waals surface area contributed by atoms with Crippen LogP contribution in [0.5, 0.6) is 0 Å². The van der Waals surface area contributed by atoms with E-state index in [1.807, 2.05) is 25.1 Å². The van der Waals surface area contributed by atoms with Crippen LogP contribution in [-0.4, -0.2) is 50.0 Å². The SMILES string of the molecule is CCC(CN(CC)C(=O)Cn1cc(C(=O)O)nn1)c1ccccc1. The minimum Gasteiger partial charge on any atom is -0.476 e. The molecular formula is C17H22N4O3. The van der Waals surface area contributed by atoms with Crippen molar-refractivity contribution in [2.75, 3.05) is 13.1 Å². The molecule has 1 N–H and O–H groups in total. The van der Waals surface area contributed by atoms with E-state index in [4.69, 9.17) is 5.11 Å². The van der Waals surface area contributed by atoms with Crippen molar-refractivity contribution in [3.05, 3.63) is 47.8 Å². The maximum Gasteiger partial charge on any atom is 0.358 e. The van der Waals surface area contributed by atoms with Gasteiger partial charge in [0.25, 0.3) is 0 Å². The van der Waals surface area contributed by atoms with Crippen molar-refractivity contribution in [2.45, 2.75) is 32.7 Å². The number of carboxylic acids is 1. The van der Waals surface area contributed by atoms with Crippen molar-refractivity contribution in [3.63, 3.8) is 0 Å². The molecule has 0 bridgehead atoms. The van der Waals surface area contributed by atoms with E-state index < -0.39 is 5.97 Å². The molecule has 0 radical (unpaired) electrons. The molecule has 128 valence electrons. The Bertz CT molecular complexity index is 684. The Balaban J connectivity index is 2.03. The van der Waals surface area contributed by atoms with Gasteiger partial charge in [-0.3, -0.25) is 4.79 Å². The normalized spacial score (nSPS) is 11.9. The lowest BCUT2D eigenvalue weighted by molar-refractivity contribution is -0.132. The fourth-order valence-corrected chi connectivity index (χ4v) is 2.58. The van der Waals surface area contributed by atoms with Crippen LogP contribution in [0.1, 0.15) is 42.2 Å². The molecule has 1 amide bonds. The van der Waals surface area contributed by atoms with Crippen LogP contribution in [0.3, 0.4) is 0 Å². The minimum absolute atomic E-state index is 0.0145. The highest BCUT2D eigenvalue weighted by molar-refractivity contribution is 5.84. The van der Waals surface area contributed by atoms with Gasteiger partial charge in [-0.25, -0.2) is 9.48 Å². The van der Waals surface area contributed by atoms with Crippen LogP contribution in [0, 0.1) is 0 Å². The highest BCUT2D eigenvalue weighted by Gasteiger charge is 2.19. The molecule has 0 fully saturated rings. The quantitative estimate of drug-likeness (QED) is 0.800. The Kier molecular flexibility index (Phi) is 6.06. The number of likely N-dealkylation sites (N-methyl/N-ethyl adjacent to an activating group) is 1. The molecule has 0 aliphatic heterocycles. The Morgan fingerprint density at radius 1 is 1.25 bits per heavy atom. The lowest BCUT2D eigenvalue weighted by atomic mass is 9.96. The Labute approximate surface area is 140 Å². The number of nitrogens with zero attached hydrogens (tertiary/aromatic N) is 4. The monoisotopic (exact) mass is 330 g/mol. The van der Waals surface area contributed by atoms with Gasteiger partial charge in [-0.1, -0.05) is 42.5 Å². The molecule has 7 heteroatoms. The Morgan fingerprint density at radius 2 is 1.96 bits per heavy atom. The van der Waals surface area contributed by atoms with Crippen molar-refractivity contribution < 1.29 is 14.7 Å². The third-order valence-electron chi connectivity index (χ3n) is 3.99. The van der Waals surface area contributed by atoms with Crippen LogP contribution < -0.4 is 0 Å². The molecule has 0 spiro atoms. The standard InChI is InChI=1S/C17H22N4O3/c1-3-13(14-8-6-5-7-9-14)10-20(4-2)16(22)12-21-11-15(17(23)24)18-19-21/h5-9,11,13H,3-4,10,12H2,1-2H3,(H,23,24). The van der Waals surface area contributed by atoms with Crippen LogP contribution in [0.2, 0.25) is 0 Å². The van der Waals surface area contributed by atoms with Gasteiger partial charge in [0.1, 0.15) is 6.54 Å². The molecule has 1 aromatic heterocycles. The van der Waals surface area contributed by atoms with E-state index in [0.717, 1.165) is 6.42 Å². The van der Waals surface area contributed by atoms with Crippen LogP contribution >= 0.6 is 0 Å². The van der Waals surface area contributed by atoms with Crippen molar-refractivity contribution in [3.8, 4) is 0 Å². The summed E-state index contributed by atoms with van der Waals surface area (Å²) in [5, 5.41) is 16.1. The Morgan fingerprint density at radius 3 is 2.50 bits per heavy atom. The number of aromatic nitrogens is 3. The second-order valence-corrected chi connectivity index (χ2v) is 5.55. The van der Waals surface area contributed by atoms with Gasteiger partial charge in [0.2, 0.25) is 5.91 Å². The van der Waals surface area contributed by atoms with E-state index >= 15 is 0 Å². The Hall–Kier alpha value is -2.70. The average Bonchev–Trinajstić information content (AvgIpc) is 3.05. The molecule has 2 rings (SSSR count). The van der Waals surface area contributed by atoms with E-state index in [2.05, 4.69) is 29.4 Å². The molecule has 0 saturated carbocycles. The third kappa shape index (κ3) is 4.41. The van der Waals surface area contributed by atoms with Gasteiger partial charge in [0.15, 0.2) is 5.69 Å². The van der Waals surface area contributed by atoms with Crippen LogP contribution in [-0.2, 0) is 11.3 Å². The first-order valence-corrected chi connectivity index (χ1v) is 8.01. The first kappa shape index (κ1) is 17.7. The van der Waals surface area contributed by atoms with Crippen molar-refractivity contribution in [1.82, 2.24) is 19.9 Å². The number of rotatable bonds is 8. The maximum atomic E-state index is 12.5. The fraction of sp³-hybridized carbons (Fsp3) is 0.412.